The van der Waals surface area contributed by atoms with Crippen LogP contribution in [-0.2, 0) is 6.54 Å². The van der Waals surface area contributed by atoms with Crippen LogP contribution in [0.1, 0.15) is 30.5 Å². The van der Waals surface area contributed by atoms with Crippen molar-refractivity contribution in [2.24, 2.45) is 0 Å². The topological polar surface area (TPSA) is 21.3 Å². The van der Waals surface area contributed by atoms with E-state index in [1.807, 2.05) is 12.1 Å². The summed E-state index contributed by atoms with van der Waals surface area (Å²) in [7, 11) is 0. The molecule has 0 amide bonds. The van der Waals surface area contributed by atoms with Crippen LogP contribution in [0, 0.1) is 0 Å². The van der Waals surface area contributed by atoms with Gasteiger partial charge in [-0.1, -0.05) is 62.0 Å². The third-order valence-electron chi connectivity index (χ3n) is 3.45. The van der Waals surface area contributed by atoms with Gasteiger partial charge in [0.05, 0.1) is 0 Å². The van der Waals surface area contributed by atoms with Crippen LogP contribution >= 0.6 is 0 Å². The van der Waals surface area contributed by atoms with Gasteiger partial charge in [0.1, 0.15) is 12.4 Å². The quantitative estimate of drug-likeness (QED) is 0.720. The second-order valence-electron chi connectivity index (χ2n) is 5.00. The highest BCUT2D eigenvalue weighted by atomic mass is 16.5. The first-order chi connectivity index (χ1) is 10.3. The minimum atomic E-state index is 0.392. The summed E-state index contributed by atoms with van der Waals surface area (Å²) in [6.07, 6.45) is 2.83. The molecule has 0 aliphatic carbocycles. The Morgan fingerprint density at radius 1 is 1.10 bits per heavy atom. The fourth-order valence-corrected chi connectivity index (χ4v) is 2.28. The molecular weight excluding hydrogens is 258 g/mol. The Balaban J connectivity index is 1.91. The van der Waals surface area contributed by atoms with E-state index in [9.17, 15) is 0 Å². The van der Waals surface area contributed by atoms with Gasteiger partial charge in [0, 0.05) is 12.6 Å². The highest BCUT2D eigenvalue weighted by Crippen LogP contribution is 2.17. The van der Waals surface area contributed by atoms with E-state index in [4.69, 9.17) is 4.74 Å². The molecule has 0 fully saturated rings. The van der Waals surface area contributed by atoms with Crippen molar-refractivity contribution < 1.29 is 4.74 Å². The summed E-state index contributed by atoms with van der Waals surface area (Å²) in [6, 6.07) is 19.2. The lowest BCUT2D eigenvalue weighted by Gasteiger charge is -2.17. The summed E-state index contributed by atoms with van der Waals surface area (Å²) in [6.45, 7) is 7.25. The SMILES string of the molecule is C=CCOc1ccc(CNC(CC)c2ccccc2)cc1. The summed E-state index contributed by atoms with van der Waals surface area (Å²) in [5, 5.41) is 3.61. The Kier molecular flexibility index (Phi) is 6.04. The van der Waals surface area contributed by atoms with Crippen LogP contribution in [0.25, 0.3) is 0 Å². The minimum absolute atomic E-state index is 0.392. The zero-order valence-corrected chi connectivity index (χ0v) is 12.6. The van der Waals surface area contributed by atoms with Crippen LogP contribution in [0.2, 0.25) is 0 Å². The van der Waals surface area contributed by atoms with Crippen molar-refractivity contribution in [2.45, 2.75) is 25.9 Å². The van der Waals surface area contributed by atoms with E-state index in [1.54, 1.807) is 6.08 Å². The van der Waals surface area contributed by atoms with Gasteiger partial charge in [-0.2, -0.15) is 0 Å². The van der Waals surface area contributed by atoms with Gasteiger partial charge in [-0.3, -0.25) is 0 Å². The molecule has 0 heterocycles. The van der Waals surface area contributed by atoms with Crippen LogP contribution in [-0.4, -0.2) is 6.61 Å². The van der Waals surface area contributed by atoms with Crippen molar-refractivity contribution in [1.29, 1.82) is 0 Å². The molecule has 1 unspecified atom stereocenters. The summed E-state index contributed by atoms with van der Waals surface area (Å²) in [5.41, 5.74) is 2.60. The zero-order valence-electron chi connectivity index (χ0n) is 12.6. The van der Waals surface area contributed by atoms with E-state index in [1.165, 1.54) is 11.1 Å². The first-order valence-corrected chi connectivity index (χ1v) is 7.44. The summed E-state index contributed by atoms with van der Waals surface area (Å²) >= 11 is 0. The average Bonchev–Trinajstić information content (AvgIpc) is 2.55. The van der Waals surface area contributed by atoms with Crippen LogP contribution in [0.3, 0.4) is 0 Å². The van der Waals surface area contributed by atoms with E-state index in [0.717, 1.165) is 18.7 Å². The molecule has 0 saturated carbocycles. The number of nitrogens with one attached hydrogen (secondary N) is 1. The molecule has 1 N–H and O–H groups in total. The third-order valence-corrected chi connectivity index (χ3v) is 3.45. The fourth-order valence-electron chi connectivity index (χ4n) is 2.28. The lowest BCUT2D eigenvalue weighted by Crippen LogP contribution is -2.20. The number of hydrogen-bond acceptors (Lipinski definition) is 2. The molecule has 110 valence electrons. The Hall–Kier alpha value is -2.06. The molecule has 0 bridgehead atoms. The number of rotatable bonds is 8. The van der Waals surface area contributed by atoms with Crippen molar-refractivity contribution in [3.63, 3.8) is 0 Å². The van der Waals surface area contributed by atoms with Crippen molar-refractivity contribution in [3.8, 4) is 5.75 Å². The molecular formula is C19H23NO. The van der Waals surface area contributed by atoms with Gasteiger partial charge >= 0.3 is 0 Å². The van der Waals surface area contributed by atoms with E-state index in [0.29, 0.717) is 12.6 Å². The first kappa shape index (κ1) is 15.3. The smallest absolute Gasteiger partial charge is 0.119 e. The van der Waals surface area contributed by atoms with Gasteiger partial charge in [-0.05, 0) is 29.7 Å². The molecule has 0 aromatic heterocycles. The van der Waals surface area contributed by atoms with E-state index in [-0.39, 0.29) is 0 Å². The third kappa shape index (κ3) is 4.76. The number of benzene rings is 2. The van der Waals surface area contributed by atoms with Gasteiger partial charge in [-0.25, -0.2) is 0 Å². The Morgan fingerprint density at radius 3 is 2.43 bits per heavy atom. The maximum absolute atomic E-state index is 5.49. The molecule has 1 atom stereocenters. The normalized spacial score (nSPS) is 11.9. The molecule has 2 heteroatoms. The predicted octanol–water partition coefficient (Wildman–Crippen LogP) is 4.49. The summed E-state index contributed by atoms with van der Waals surface area (Å²) in [4.78, 5) is 0. The van der Waals surface area contributed by atoms with E-state index >= 15 is 0 Å². The molecule has 21 heavy (non-hydrogen) atoms. The summed E-state index contributed by atoms with van der Waals surface area (Å²) < 4.78 is 5.49. The number of ether oxygens (including phenoxy) is 1. The zero-order chi connectivity index (χ0) is 14.9. The van der Waals surface area contributed by atoms with Crippen molar-refractivity contribution in [1.82, 2.24) is 5.32 Å². The Bertz CT molecular complexity index is 533. The lowest BCUT2D eigenvalue weighted by molar-refractivity contribution is 0.363. The monoisotopic (exact) mass is 281 g/mol. The molecule has 2 aromatic rings. The maximum Gasteiger partial charge on any atom is 0.119 e. The molecule has 2 rings (SSSR count). The molecule has 0 radical (unpaired) electrons. The van der Waals surface area contributed by atoms with Crippen LogP contribution < -0.4 is 10.1 Å². The lowest BCUT2D eigenvalue weighted by atomic mass is 10.0. The Labute approximate surface area is 127 Å². The van der Waals surface area contributed by atoms with Gasteiger partial charge in [0.25, 0.3) is 0 Å². The predicted molar refractivity (Wildman–Crippen MR) is 88.4 cm³/mol. The molecule has 0 aliphatic rings. The second-order valence-corrected chi connectivity index (χ2v) is 5.00. The van der Waals surface area contributed by atoms with Crippen LogP contribution in [0.4, 0.5) is 0 Å². The van der Waals surface area contributed by atoms with Crippen molar-refractivity contribution in [3.05, 3.63) is 78.4 Å². The maximum atomic E-state index is 5.49. The van der Waals surface area contributed by atoms with Crippen molar-refractivity contribution in [2.75, 3.05) is 6.61 Å². The number of hydrogen-bond donors (Lipinski definition) is 1. The van der Waals surface area contributed by atoms with Gasteiger partial charge in [0.2, 0.25) is 0 Å². The molecule has 0 aliphatic heterocycles. The van der Waals surface area contributed by atoms with Gasteiger partial charge in [0.15, 0.2) is 0 Å². The first-order valence-electron chi connectivity index (χ1n) is 7.44. The fraction of sp³-hybridized carbons (Fsp3) is 0.263. The minimum Gasteiger partial charge on any atom is -0.490 e. The van der Waals surface area contributed by atoms with Gasteiger partial charge < -0.3 is 10.1 Å². The van der Waals surface area contributed by atoms with Crippen LogP contribution in [0.5, 0.6) is 5.75 Å². The Morgan fingerprint density at radius 2 is 1.81 bits per heavy atom. The second kappa shape index (κ2) is 8.28. The van der Waals surface area contributed by atoms with E-state index < -0.39 is 0 Å². The van der Waals surface area contributed by atoms with E-state index in [2.05, 4.69) is 61.3 Å². The molecule has 2 nitrogen and oxygen atoms in total. The largest absolute Gasteiger partial charge is 0.490 e. The van der Waals surface area contributed by atoms with Crippen molar-refractivity contribution >= 4 is 0 Å². The molecule has 2 aromatic carbocycles. The standard InChI is InChI=1S/C19H23NO/c1-3-14-21-18-12-10-16(11-13-18)15-20-19(4-2)17-8-6-5-7-9-17/h3,5-13,19-20H,1,4,14-15H2,2H3. The van der Waals surface area contributed by atoms with Crippen LogP contribution in [0.15, 0.2) is 67.3 Å². The van der Waals surface area contributed by atoms with Gasteiger partial charge in [-0.15, -0.1) is 0 Å². The molecule has 0 spiro atoms. The highest BCUT2D eigenvalue weighted by molar-refractivity contribution is 5.27. The summed E-state index contributed by atoms with van der Waals surface area (Å²) in [5.74, 6) is 0.883. The average molecular weight is 281 g/mol. The highest BCUT2D eigenvalue weighted by Gasteiger charge is 2.07. The molecule has 0 saturated heterocycles.